The lowest BCUT2D eigenvalue weighted by Gasteiger charge is -2.21. The SMILES string of the molecule is O=C(c1cc(Br)ccc1Br)N(CCO)CCO. The Kier molecular flexibility index (Phi) is 6.11. The molecule has 0 unspecified atom stereocenters. The largest absolute Gasteiger partial charge is 0.395 e. The standard InChI is InChI=1S/C11H13Br2NO3/c12-8-1-2-10(13)9(7-8)11(17)14(3-5-15)4-6-16/h1-2,7,15-16H,3-6H2. The molecule has 0 aromatic heterocycles. The van der Waals surface area contributed by atoms with E-state index in [4.69, 9.17) is 10.2 Å². The van der Waals surface area contributed by atoms with Crippen LogP contribution in [0.4, 0.5) is 0 Å². The van der Waals surface area contributed by atoms with Crippen LogP contribution in [0.5, 0.6) is 0 Å². The van der Waals surface area contributed by atoms with E-state index < -0.39 is 0 Å². The molecule has 0 heterocycles. The molecule has 0 spiro atoms. The van der Waals surface area contributed by atoms with Gasteiger partial charge in [0.1, 0.15) is 0 Å². The molecule has 0 aliphatic rings. The number of rotatable bonds is 5. The summed E-state index contributed by atoms with van der Waals surface area (Å²) in [7, 11) is 0. The summed E-state index contributed by atoms with van der Waals surface area (Å²) in [5.41, 5.74) is 0.501. The van der Waals surface area contributed by atoms with E-state index >= 15 is 0 Å². The van der Waals surface area contributed by atoms with Gasteiger partial charge >= 0.3 is 0 Å². The number of aliphatic hydroxyl groups is 2. The summed E-state index contributed by atoms with van der Waals surface area (Å²) < 4.78 is 1.49. The van der Waals surface area contributed by atoms with Crippen molar-refractivity contribution in [3.05, 3.63) is 32.7 Å². The quantitative estimate of drug-likeness (QED) is 0.832. The Balaban J connectivity index is 2.95. The molecule has 4 nitrogen and oxygen atoms in total. The van der Waals surface area contributed by atoms with Crippen LogP contribution in [-0.2, 0) is 0 Å². The summed E-state index contributed by atoms with van der Waals surface area (Å²) in [4.78, 5) is 13.6. The molecule has 0 fully saturated rings. The summed E-state index contributed by atoms with van der Waals surface area (Å²) in [5.74, 6) is -0.221. The second kappa shape index (κ2) is 7.10. The maximum atomic E-state index is 12.2. The van der Waals surface area contributed by atoms with Gasteiger partial charge in [-0.2, -0.15) is 0 Å². The Morgan fingerprint density at radius 1 is 1.18 bits per heavy atom. The van der Waals surface area contributed by atoms with Crippen molar-refractivity contribution >= 4 is 37.8 Å². The fourth-order valence-corrected chi connectivity index (χ4v) is 2.17. The highest BCUT2D eigenvalue weighted by atomic mass is 79.9. The van der Waals surface area contributed by atoms with Gasteiger partial charge in [-0.1, -0.05) is 15.9 Å². The number of halogens is 2. The first-order valence-electron chi connectivity index (χ1n) is 5.06. The zero-order chi connectivity index (χ0) is 12.8. The van der Waals surface area contributed by atoms with Crippen molar-refractivity contribution in [1.82, 2.24) is 4.90 Å². The number of carbonyl (C=O) groups excluding carboxylic acids is 1. The molecule has 0 bridgehead atoms. The molecule has 1 rings (SSSR count). The van der Waals surface area contributed by atoms with Crippen LogP contribution in [0.3, 0.4) is 0 Å². The van der Waals surface area contributed by atoms with Gasteiger partial charge in [0, 0.05) is 22.0 Å². The molecule has 94 valence electrons. The maximum Gasteiger partial charge on any atom is 0.255 e. The van der Waals surface area contributed by atoms with Crippen LogP contribution in [0.2, 0.25) is 0 Å². The lowest BCUT2D eigenvalue weighted by atomic mass is 10.2. The summed E-state index contributed by atoms with van der Waals surface area (Å²) in [6, 6.07) is 5.30. The van der Waals surface area contributed by atoms with E-state index in [9.17, 15) is 4.79 Å². The average Bonchev–Trinajstić information content (AvgIpc) is 2.31. The third-order valence-corrected chi connectivity index (χ3v) is 3.37. The highest BCUT2D eigenvalue weighted by Gasteiger charge is 2.17. The van der Waals surface area contributed by atoms with Crippen LogP contribution in [-0.4, -0.2) is 47.3 Å². The number of aliphatic hydroxyl groups excluding tert-OH is 2. The van der Waals surface area contributed by atoms with E-state index in [0.29, 0.717) is 10.0 Å². The number of benzene rings is 1. The summed E-state index contributed by atoms with van der Waals surface area (Å²) in [6.45, 7) is 0.158. The van der Waals surface area contributed by atoms with Gasteiger partial charge in [-0.25, -0.2) is 0 Å². The lowest BCUT2D eigenvalue weighted by Crippen LogP contribution is -2.36. The molecule has 0 aliphatic heterocycles. The molecule has 1 aromatic carbocycles. The van der Waals surface area contributed by atoms with Gasteiger partial charge in [0.15, 0.2) is 0 Å². The van der Waals surface area contributed by atoms with Crippen molar-refractivity contribution in [1.29, 1.82) is 0 Å². The molecule has 6 heteroatoms. The fraction of sp³-hybridized carbons (Fsp3) is 0.364. The first kappa shape index (κ1) is 14.6. The minimum Gasteiger partial charge on any atom is -0.395 e. The van der Waals surface area contributed by atoms with E-state index in [1.807, 2.05) is 6.07 Å². The lowest BCUT2D eigenvalue weighted by molar-refractivity contribution is 0.0684. The van der Waals surface area contributed by atoms with Gasteiger partial charge < -0.3 is 15.1 Å². The third-order valence-electron chi connectivity index (χ3n) is 2.19. The molecule has 1 amide bonds. The number of nitrogens with zero attached hydrogens (tertiary/aromatic N) is 1. The Hall–Kier alpha value is -0.430. The van der Waals surface area contributed by atoms with Gasteiger partial charge in [0.05, 0.1) is 18.8 Å². The topological polar surface area (TPSA) is 60.8 Å². The fourth-order valence-electron chi connectivity index (χ4n) is 1.39. The first-order valence-corrected chi connectivity index (χ1v) is 6.64. The molecule has 0 aliphatic carbocycles. The van der Waals surface area contributed by atoms with E-state index in [1.165, 1.54) is 4.90 Å². The van der Waals surface area contributed by atoms with Crippen LogP contribution >= 0.6 is 31.9 Å². The zero-order valence-electron chi connectivity index (χ0n) is 9.07. The molecule has 0 radical (unpaired) electrons. The maximum absolute atomic E-state index is 12.2. The summed E-state index contributed by atoms with van der Waals surface area (Å²) >= 11 is 6.61. The number of hydrogen-bond acceptors (Lipinski definition) is 3. The van der Waals surface area contributed by atoms with E-state index in [-0.39, 0.29) is 32.2 Å². The molecular formula is C11H13Br2NO3. The monoisotopic (exact) mass is 365 g/mol. The van der Waals surface area contributed by atoms with Crippen LogP contribution in [0.25, 0.3) is 0 Å². The molecule has 0 saturated carbocycles. The van der Waals surface area contributed by atoms with Crippen molar-refractivity contribution in [2.45, 2.75) is 0 Å². The molecule has 0 atom stereocenters. The van der Waals surface area contributed by atoms with Crippen molar-refractivity contribution in [2.75, 3.05) is 26.3 Å². The highest BCUT2D eigenvalue weighted by Crippen LogP contribution is 2.22. The minimum absolute atomic E-state index is 0.128. The summed E-state index contributed by atoms with van der Waals surface area (Å²) in [5, 5.41) is 17.8. The van der Waals surface area contributed by atoms with E-state index in [0.717, 1.165) is 4.47 Å². The normalized spacial score (nSPS) is 10.4. The predicted molar refractivity (Wildman–Crippen MR) is 71.9 cm³/mol. The number of amides is 1. The van der Waals surface area contributed by atoms with E-state index in [1.54, 1.807) is 12.1 Å². The Morgan fingerprint density at radius 2 is 1.76 bits per heavy atom. The molecule has 17 heavy (non-hydrogen) atoms. The second-order valence-corrected chi connectivity index (χ2v) is 5.13. The van der Waals surface area contributed by atoms with Crippen LogP contribution < -0.4 is 0 Å². The van der Waals surface area contributed by atoms with Crippen molar-refractivity contribution in [3.63, 3.8) is 0 Å². The van der Waals surface area contributed by atoms with Crippen molar-refractivity contribution in [3.8, 4) is 0 Å². The Labute approximate surface area is 117 Å². The Bertz CT molecular complexity index is 392. The van der Waals surface area contributed by atoms with Gasteiger partial charge in [0.2, 0.25) is 0 Å². The van der Waals surface area contributed by atoms with Gasteiger partial charge in [-0.05, 0) is 34.1 Å². The molecule has 0 saturated heterocycles. The smallest absolute Gasteiger partial charge is 0.255 e. The molecular weight excluding hydrogens is 354 g/mol. The first-order chi connectivity index (χ1) is 8.10. The minimum atomic E-state index is -0.221. The van der Waals surface area contributed by atoms with Crippen LogP contribution in [0.1, 0.15) is 10.4 Å². The van der Waals surface area contributed by atoms with Gasteiger partial charge in [0.25, 0.3) is 5.91 Å². The van der Waals surface area contributed by atoms with Crippen LogP contribution in [0, 0.1) is 0 Å². The predicted octanol–water partition coefficient (Wildman–Crippen LogP) is 1.64. The van der Waals surface area contributed by atoms with Crippen LogP contribution in [0.15, 0.2) is 27.1 Å². The highest BCUT2D eigenvalue weighted by molar-refractivity contribution is 9.11. The van der Waals surface area contributed by atoms with Gasteiger partial charge in [-0.3, -0.25) is 4.79 Å². The third kappa shape index (κ3) is 4.06. The second-order valence-electron chi connectivity index (χ2n) is 3.36. The zero-order valence-corrected chi connectivity index (χ0v) is 12.2. The van der Waals surface area contributed by atoms with Gasteiger partial charge in [-0.15, -0.1) is 0 Å². The van der Waals surface area contributed by atoms with Crippen molar-refractivity contribution < 1.29 is 15.0 Å². The number of carbonyl (C=O) groups is 1. The average molecular weight is 367 g/mol. The van der Waals surface area contributed by atoms with Crippen molar-refractivity contribution in [2.24, 2.45) is 0 Å². The molecule has 2 N–H and O–H groups in total. The number of hydrogen-bond donors (Lipinski definition) is 2. The summed E-state index contributed by atoms with van der Waals surface area (Å²) in [6.07, 6.45) is 0. The Morgan fingerprint density at radius 3 is 2.29 bits per heavy atom. The molecule has 1 aromatic rings. The van der Waals surface area contributed by atoms with E-state index in [2.05, 4.69) is 31.9 Å².